The highest BCUT2D eigenvalue weighted by Crippen LogP contribution is 2.13. The normalized spacial score (nSPS) is 10.2. The second-order valence-electron chi connectivity index (χ2n) is 4.15. The molecule has 0 fully saturated rings. The monoisotopic (exact) mass is 354 g/mol. The zero-order valence-electron chi connectivity index (χ0n) is 10.9. The van der Waals surface area contributed by atoms with Crippen molar-refractivity contribution in [2.45, 2.75) is 6.54 Å². The number of carbonyl (C=O) groups excluding carboxylic acids is 2. The molecule has 0 unspecified atom stereocenters. The van der Waals surface area contributed by atoms with E-state index in [0.717, 1.165) is 0 Å². The molecule has 21 heavy (non-hydrogen) atoms. The minimum atomic E-state index is -0.498. The molecule has 5 nitrogen and oxygen atoms in total. The van der Waals surface area contributed by atoms with Crippen molar-refractivity contribution in [2.24, 2.45) is 0 Å². The molecule has 0 radical (unpaired) electrons. The summed E-state index contributed by atoms with van der Waals surface area (Å²) < 4.78 is 18.8. The molecular formula is C14H12BrFN2O3. The number of halogens is 2. The molecule has 2 amide bonds. The van der Waals surface area contributed by atoms with Gasteiger partial charge in [0.25, 0.3) is 5.91 Å². The highest BCUT2D eigenvalue weighted by atomic mass is 79.9. The van der Waals surface area contributed by atoms with E-state index in [-0.39, 0.29) is 24.7 Å². The highest BCUT2D eigenvalue weighted by Gasteiger charge is 2.11. The molecule has 110 valence electrons. The van der Waals surface area contributed by atoms with Crippen LogP contribution in [0, 0.1) is 5.82 Å². The van der Waals surface area contributed by atoms with Gasteiger partial charge in [-0.05, 0) is 34.1 Å². The van der Waals surface area contributed by atoms with Crippen LogP contribution in [0.3, 0.4) is 0 Å². The third-order valence-corrected chi connectivity index (χ3v) is 3.07. The van der Waals surface area contributed by atoms with Gasteiger partial charge >= 0.3 is 0 Å². The summed E-state index contributed by atoms with van der Waals surface area (Å²) in [7, 11) is 0. The minimum Gasteiger partial charge on any atom is -0.444 e. The first-order valence-electron chi connectivity index (χ1n) is 6.10. The molecule has 0 bridgehead atoms. The van der Waals surface area contributed by atoms with Gasteiger partial charge in [-0.25, -0.2) is 4.39 Å². The second kappa shape index (κ2) is 7.03. The summed E-state index contributed by atoms with van der Waals surface area (Å²) in [6.45, 7) is -0.153. The summed E-state index contributed by atoms with van der Waals surface area (Å²) in [6.07, 6.45) is 0. The van der Waals surface area contributed by atoms with Crippen LogP contribution in [0.15, 0.2) is 45.5 Å². The summed E-state index contributed by atoms with van der Waals surface area (Å²) in [6, 6.07) is 9.21. The molecule has 0 atom stereocenters. The van der Waals surface area contributed by atoms with Crippen molar-refractivity contribution in [3.8, 4) is 0 Å². The summed E-state index contributed by atoms with van der Waals surface area (Å²) in [5.74, 6) is -1.20. The van der Waals surface area contributed by atoms with Crippen LogP contribution in [0.2, 0.25) is 0 Å². The zero-order valence-corrected chi connectivity index (χ0v) is 12.4. The number of amides is 2. The Bertz CT molecular complexity index is 657. The molecule has 0 saturated heterocycles. The van der Waals surface area contributed by atoms with Gasteiger partial charge in [-0.15, -0.1) is 0 Å². The number of nitrogens with one attached hydrogen (secondary N) is 2. The summed E-state index contributed by atoms with van der Waals surface area (Å²) in [5.41, 5.74) is 0.382. The molecule has 1 heterocycles. The van der Waals surface area contributed by atoms with Crippen molar-refractivity contribution >= 4 is 27.7 Å². The lowest BCUT2D eigenvalue weighted by Gasteiger charge is -2.06. The van der Waals surface area contributed by atoms with Gasteiger partial charge in [0.05, 0.1) is 6.54 Å². The van der Waals surface area contributed by atoms with Crippen LogP contribution in [0.1, 0.15) is 16.1 Å². The van der Waals surface area contributed by atoms with E-state index in [4.69, 9.17) is 4.42 Å². The van der Waals surface area contributed by atoms with Crippen LogP contribution < -0.4 is 10.6 Å². The quantitative estimate of drug-likeness (QED) is 0.864. The van der Waals surface area contributed by atoms with Gasteiger partial charge in [0.15, 0.2) is 10.4 Å². The maximum Gasteiger partial charge on any atom is 0.287 e. The van der Waals surface area contributed by atoms with Crippen molar-refractivity contribution in [3.05, 3.63) is 58.2 Å². The van der Waals surface area contributed by atoms with Crippen LogP contribution in [0.25, 0.3) is 0 Å². The number of benzene rings is 1. The van der Waals surface area contributed by atoms with Gasteiger partial charge in [0.1, 0.15) is 5.82 Å². The Morgan fingerprint density at radius 2 is 1.90 bits per heavy atom. The topological polar surface area (TPSA) is 71.3 Å². The highest BCUT2D eigenvalue weighted by molar-refractivity contribution is 9.10. The Morgan fingerprint density at radius 3 is 2.57 bits per heavy atom. The lowest BCUT2D eigenvalue weighted by Crippen LogP contribution is -2.36. The molecule has 0 spiro atoms. The molecule has 0 aliphatic carbocycles. The van der Waals surface area contributed by atoms with Crippen LogP contribution in [-0.4, -0.2) is 18.4 Å². The van der Waals surface area contributed by atoms with Crippen LogP contribution >= 0.6 is 15.9 Å². The fourth-order valence-corrected chi connectivity index (χ4v) is 1.89. The van der Waals surface area contributed by atoms with Crippen LogP contribution in [-0.2, 0) is 11.3 Å². The van der Waals surface area contributed by atoms with Gasteiger partial charge in [-0.1, -0.05) is 18.2 Å². The number of furan rings is 1. The number of rotatable bonds is 5. The molecule has 2 aromatic rings. The van der Waals surface area contributed by atoms with E-state index in [2.05, 4.69) is 26.6 Å². The number of hydrogen-bond donors (Lipinski definition) is 2. The van der Waals surface area contributed by atoms with Gasteiger partial charge in [0.2, 0.25) is 5.91 Å². The van der Waals surface area contributed by atoms with Crippen molar-refractivity contribution in [3.63, 3.8) is 0 Å². The summed E-state index contributed by atoms with van der Waals surface area (Å²) in [4.78, 5) is 23.2. The molecule has 2 rings (SSSR count). The fraction of sp³-hybridized carbons (Fsp3) is 0.143. The molecule has 1 aromatic carbocycles. The third-order valence-electron chi connectivity index (χ3n) is 2.64. The zero-order chi connectivity index (χ0) is 15.2. The van der Waals surface area contributed by atoms with E-state index in [9.17, 15) is 14.0 Å². The van der Waals surface area contributed by atoms with E-state index >= 15 is 0 Å². The Balaban J connectivity index is 1.78. The first-order valence-corrected chi connectivity index (χ1v) is 6.89. The average Bonchev–Trinajstić information content (AvgIpc) is 2.90. The van der Waals surface area contributed by atoms with E-state index < -0.39 is 11.8 Å². The fourth-order valence-electron chi connectivity index (χ4n) is 1.58. The van der Waals surface area contributed by atoms with Crippen molar-refractivity contribution < 1.29 is 18.4 Å². The number of carbonyl (C=O) groups is 2. The van der Waals surface area contributed by atoms with Crippen LogP contribution in [0.5, 0.6) is 0 Å². The van der Waals surface area contributed by atoms with Gasteiger partial charge in [-0.2, -0.15) is 0 Å². The third kappa shape index (κ3) is 4.42. The molecule has 1 aromatic heterocycles. The molecule has 0 aliphatic heterocycles. The van der Waals surface area contributed by atoms with Crippen molar-refractivity contribution in [2.75, 3.05) is 6.54 Å². The Morgan fingerprint density at radius 1 is 1.14 bits per heavy atom. The standard InChI is InChI=1S/C14H12BrFN2O3/c15-12-6-5-11(21-12)14(20)18-8-13(19)17-7-9-3-1-2-4-10(9)16/h1-6H,7-8H2,(H,17,19)(H,18,20). The van der Waals surface area contributed by atoms with E-state index in [1.54, 1.807) is 24.3 Å². The predicted molar refractivity (Wildman–Crippen MR) is 77.0 cm³/mol. The molecular weight excluding hydrogens is 343 g/mol. The Kier molecular flexibility index (Phi) is 5.10. The minimum absolute atomic E-state index is 0.0632. The Hall–Kier alpha value is -2.15. The lowest BCUT2D eigenvalue weighted by molar-refractivity contribution is -0.120. The maximum absolute atomic E-state index is 13.3. The first-order chi connectivity index (χ1) is 10.1. The second-order valence-corrected chi connectivity index (χ2v) is 4.94. The maximum atomic E-state index is 13.3. The molecule has 7 heteroatoms. The average molecular weight is 355 g/mol. The molecule has 2 N–H and O–H groups in total. The van der Waals surface area contributed by atoms with Crippen LogP contribution in [0.4, 0.5) is 4.39 Å². The predicted octanol–water partition coefficient (Wildman–Crippen LogP) is 2.23. The number of hydrogen-bond acceptors (Lipinski definition) is 3. The summed E-state index contributed by atoms with van der Waals surface area (Å²) in [5, 5.41) is 4.92. The van der Waals surface area contributed by atoms with E-state index in [0.29, 0.717) is 10.2 Å². The van der Waals surface area contributed by atoms with Gasteiger partial charge < -0.3 is 15.1 Å². The largest absolute Gasteiger partial charge is 0.444 e. The smallest absolute Gasteiger partial charge is 0.287 e. The van der Waals surface area contributed by atoms with Crippen molar-refractivity contribution in [1.82, 2.24) is 10.6 Å². The SMILES string of the molecule is O=C(CNC(=O)c1ccc(Br)o1)NCc1ccccc1F. The van der Waals surface area contributed by atoms with E-state index in [1.807, 2.05) is 0 Å². The van der Waals surface area contributed by atoms with E-state index in [1.165, 1.54) is 12.1 Å². The van der Waals surface area contributed by atoms with Gasteiger partial charge in [0, 0.05) is 12.1 Å². The Labute approximate surface area is 128 Å². The van der Waals surface area contributed by atoms with Crippen molar-refractivity contribution in [1.29, 1.82) is 0 Å². The molecule has 0 saturated carbocycles. The summed E-state index contributed by atoms with van der Waals surface area (Å²) >= 11 is 3.08. The molecule has 0 aliphatic rings. The lowest BCUT2D eigenvalue weighted by atomic mass is 10.2. The van der Waals surface area contributed by atoms with Gasteiger partial charge in [-0.3, -0.25) is 9.59 Å². The first kappa shape index (κ1) is 15.2.